The van der Waals surface area contributed by atoms with E-state index in [1.165, 1.54) is 12.8 Å². The summed E-state index contributed by atoms with van der Waals surface area (Å²) in [5, 5.41) is 3.28. The van der Waals surface area contributed by atoms with Crippen molar-refractivity contribution in [2.45, 2.75) is 32.6 Å². The van der Waals surface area contributed by atoms with Crippen molar-refractivity contribution < 1.29 is 4.79 Å². The molecule has 1 fully saturated rings. The van der Waals surface area contributed by atoms with Crippen LogP contribution in [0.1, 0.15) is 43.0 Å². The molecular weight excluding hydrogens is 274 g/mol. The third-order valence-electron chi connectivity index (χ3n) is 4.01. The van der Waals surface area contributed by atoms with Crippen molar-refractivity contribution in [3.8, 4) is 0 Å². The second-order valence-electron chi connectivity index (χ2n) is 5.31. The summed E-state index contributed by atoms with van der Waals surface area (Å²) in [5.74, 6) is 1.44. The fourth-order valence-corrected chi connectivity index (χ4v) is 2.92. The quantitative estimate of drug-likeness (QED) is 0.869. The van der Waals surface area contributed by atoms with Gasteiger partial charge in [-0.1, -0.05) is 24.9 Å². The topological polar surface area (TPSA) is 45.2 Å². The van der Waals surface area contributed by atoms with E-state index in [0.717, 1.165) is 31.8 Å². The number of aromatic nitrogens is 1. The van der Waals surface area contributed by atoms with Crippen LogP contribution in [0, 0.1) is 5.92 Å². The Balaban J connectivity index is 2.12. The Morgan fingerprint density at radius 2 is 2.25 bits per heavy atom. The molecule has 20 heavy (non-hydrogen) atoms. The van der Waals surface area contributed by atoms with E-state index < -0.39 is 0 Å². The number of rotatable bonds is 3. The molecule has 1 atom stereocenters. The number of amides is 1. The molecule has 1 aliphatic heterocycles. The number of carbonyl (C=O) groups is 1. The van der Waals surface area contributed by atoms with Crippen molar-refractivity contribution in [2.24, 2.45) is 5.92 Å². The molecule has 2 rings (SSSR count). The van der Waals surface area contributed by atoms with Crippen molar-refractivity contribution in [2.75, 3.05) is 25.5 Å². The lowest BCUT2D eigenvalue weighted by atomic mass is 9.98. The van der Waals surface area contributed by atoms with Crippen LogP contribution in [0.4, 0.5) is 5.82 Å². The van der Waals surface area contributed by atoms with E-state index in [1.807, 2.05) is 4.90 Å². The lowest BCUT2D eigenvalue weighted by molar-refractivity contribution is 0.0760. The maximum Gasteiger partial charge on any atom is 0.254 e. The van der Waals surface area contributed by atoms with Gasteiger partial charge in [-0.2, -0.15) is 0 Å². The van der Waals surface area contributed by atoms with Gasteiger partial charge in [0.1, 0.15) is 11.0 Å². The average molecular weight is 296 g/mol. The number of nitrogens with one attached hydrogen (secondary N) is 1. The van der Waals surface area contributed by atoms with E-state index in [0.29, 0.717) is 16.5 Å². The Labute approximate surface area is 125 Å². The molecule has 1 N–H and O–H groups in total. The minimum Gasteiger partial charge on any atom is -0.373 e. The summed E-state index contributed by atoms with van der Waals surface area (Å²) in [4.78, 5) is 18.6. The molecule has 2 heterocycles. The Bertz CT molecular complexity index is 478. The zero-order valence-corrected chi connectivity index (χ0v) is 12.9. The first kappa shape index (κ1) is 15.1. The van der Waals surface area contributed by atoms with E-state index in [9.17, 15) is 4.79 Å². The van der Waals surface area contributed by atoms with Crippen LogP contribution < -0.4 is 5.32 Å². The summed E-state index contributed by atoms with van der Waals surface area (Å²) in [5.41, 5.74) is 0.615. The average Bonchev–Trinajstić information content (AvgIpc) is 2.71. The third kappa shape index (κ3) is 3.63. The van der Waals surface area contributed by atoms with Crippen LogP contribution in [-0.4, -0.2) is 35.9 Å². The maximum atomic E-state index is 12.6. The number of hydrogen-bond acceptors (Lipinski definition) is 3. The van der Waals surface area contributed by atoms with Crippen LogP contribution in [0.15, 0.2) is 12.1 Å². The Kier molecular flexibility index (Phi) is 5.24. The van der Waals surface area contributed by atoms with Gasteiger partial charge in [0, 0.05) is 25.7 Å². The molecule has 0 aliphatic carbocycles. The highest BCUT2D eigenvalue weighted by molar-refractivity contribution is 6.29. The van der Waals surface area contributed by atoms with Crippen LogP contribution in [0.3, 0.4) is 0 Å². The molecule has 1 amide bonds. The lowest BCUT2D eigenvalue weighted by Gasteiger charge is -2.21. The first-order chi connectivity index (χ1) is 9.63. The summed E-state index contributed by atoms with van der Waals surface area (Å²) >= 11 is 5.97. The van der Waals surface area contributed by atoms with Crippen LogP contribution in [0.2, 0.25) is 5.15 Å². The molecular formula is C15H22ClN3O. The first-order valence-corrected chi connectivity index (χ1v) is 7.66. The molecule has 110 valence electrons. The minimum atomic E-state index is 0.0579. The van der Waals surface area contributed by atoms with E-state index in [2.05, 4.69) is 17.2 Å². The predicted molar refractivity (Wildman–Crippen MR) is 82.3 cm³/mol. The highest BCUT2D eigenvalue weighted by Crippen LogP contribution is 2.22. The summed E-state index contributed by atoms with van der Waals surface area (Å²) < 4.78 is 0. The monoisotopic (exact) mass is 295 g/mol. The van der Waals surface area contributed by atoms with Crippen molar-refractivity contribution in [1.82, 2.24) is 9.88 Å². The molecule has 5 heteroatoms. The molecule has 0 aromatic carbocycles. The zero-order chi connectivity index (χ0) is 14.5. The molecule has 4 nitrogen and oxygen atoms in total. The molecule has 0 bridgehead atoms. The number of hydrogen-bond donors (Lipinski definition) is 1. The van der Waals surface area contributed by atoms with Crippen LogP contribution in [-0.2, 0) is 0 Å². The summed E-state index contributed by atoms with van der Waals surface area (Å²) in [6.07, 6.45) is 4.61. The van der Waals surface area contributed by atoms with Gasteiger partial charge >= 0.3 is 0 Å². The number of pyridine rings is 1. The fourth-order valence-electron chi connectivity index (χ4n) is 2.71. The molecule has 0 saturated carbocycles. The van der Waals surface area contributed by atoms with Crippen LogP contribution in [0.5, 0.6) is 0 Å². The highest BCUT2D eigenvalue weighted by atomic mass is 35.5. The molecule has 1 saturated heterocycles. The molecule has 0 radical (unpaired) electrons. The van der Waals surface area contributed by atoms with Crippen molar-refractivity contribution in [3.63, 3.8) is 0 Å². The second-order valence-corrected chi connectivity index (χ2v) is 5.70. The van der Waals surface area contributed by atoms with Crippen molar-refractivity contribution in [3.05, 3.63) is 22.8 Å². The Hall–Kier alpha value is -1.29. The Morgan fingerprint density at radius 3 is 2.95 bits per heavy atom. The molecule has 1 aliphatic rings. The van der Waals surface area contributed by atoms with Crippen molar-refractivity contribution in [1.29, 1.82) is 0 Å². The number of carbonyl (C=O) groups excluding carboxylic acids is 1. The molecule has 1 unspecified atom stereocenters. The summed E-state index contributed by atoms with van der Waals surface area (Å²) in [7, 11) is 1.77. The lowest BCUT2D eigenvalue weighted by Crippen LogP contribution is -2.32. The SMILES string of the molecule is CCC1CCCN(C(=O)c2cc(Cl)nc(NC)c2)CC1. The van der Waals surface area contributed by atoms with E-state index in [4.69, 9.17) is 11.6 Å². The number of anilines is 1. The number of likely N-dealkylation sites (tertiary alicyclic amines) is 1. The van der Waals surface area contributed by atoms with Gasteiger partial charge in [0.15, 0.2) is 0 Å². The van der Waals surface area contributed by atoms with Gasteiger partial charge in [0.2, 0.25) is 0 Å². The number of nitrogens with zero attached hydrogens (tertiary/aromatic N) is 2. The van der Waals surface area contributed by atoms with Gasteiger partial charge in [-0.05, 0) is 37.3 Å². The second kappa shape index (κ2) is 6.93. The van der Waals surface area contributed by atoms with Gasteiger partial charge in [-0.25, -0.2) is 4.98 Å². The zero-order valence-electron chi connectivity index (χ0n) is 12.2. The van der Waals surface area contributed by atoms with Crippen LogP contribution >= 0.6 is 11.6 Å². The normalized spacial score (nSPS) is 19.6. The third-order valence-corrected chi connectivity index (χ3v) is 4.20. The van der Waals surface area contributed by atoms with E-state index >= 15 is 0 Å². The number of halogens is 1. The van der Waals surface area contributed by atoms with Crippen LogP contribution in [0.25, 0.3) is 0 Å². The first-order valence-electron chi connectivity index (χ1n) is 7.28. The smallest absolute Gasteiger partial charge is 0.254 e. The summed E-state index contributed by atoms with van der Waals surface area (Å²) in [6, 6.07) is 3.41. The molecule has 1 aromatic rings. The van der Waals surface area contributed by atoms with Gasteiger partial charge < -0.3 is 10.2 Å². The molecule has 0 spiro atoms. The fraction of sp³-hybridized carbons (Fsp3) is 0.600. The van der Waals surface area contributed by atoms with Gasteiger partial charge in [0.05, 0.1) is 0 Å². The largest absolute Gasteiger partial charge is 0.373 e. The van der Waals surface area contributed by atoms with Gasteiger partial charge in [-0.3, -0.25) is 4.79 Å². The van der Waals surface area contributed by atoms with Crippen molar-refractivity contribution >= 4 is 23.3 Å². The summed E-state index contributed by atoms with van der Waals surface area (Å²) in [6.45, 7) is 3.90. The van der Waals surface area contributed by atoms with Gasteiger partial charge in [0.25, 0.3) is 5.91 Å². The van der Waals surface area contributed by atoms with E-state index in [-0.39, 0.29) is 5.91 Å². The predicted octanol–water partition coefficient (Wildman–Crippen LogP) is 3.43. The standard InChI is InChI=1S/C15H22ClN3O/c1-3-11-5-4-7-19(8-6-11)15(20)12-9-13(16)18-14(10-12)17-2/h9-11H,3-8H2,1-2H3,(H,17,18). The van der Waals surface area contributed by atoms with Gasteiger partial charge in [-0.15, -0.1) is 0 Å². The molecule has 1 aromatic heterocycles. The minimum absolute atomic E-state index is 0.0579. The highest BCUT2D eigenvalue weighted by Gasteiger charge is 2.21. The maximum absolute atomic E-state index is 12.6. The Morgan fingerprint density at radius 1 is 1.45 bits per heavy atom. The van der Waals surface area contributed by atoms with E-state index in [1.54, 1.807) is 19.2 Å².